The zero-order chi connectivity index (χ0) is 20.3. The molecule has 0 amide bonds. The summed E-state index contributed by atoms with van der Waals surface area (Å²) in [5.74, 6) is -2.46. The zero-order valence-electron chi connectivity index (χ0n) is 14.7. The van der Waals surface area contributed by atoms with Gasteiger partial charge in [-0.15, -0.1) is 0 Å². The second-order valence-corrected chi connectivity index (χ2v) is 7.45. The van der Waals surface area contributed by atoms with Gasteiger partial charge in [0.1, 0.15) is 16.5 Å². The highest BCUT2D eigenvalue weighted by Crippen LogP contribution is 2.27. The maximum Gasteiger partial charge on any atom is 0.347 e. The van der Waals surface area contributed by atoms with Gasteiger partial charge in [-0.05, 0) is 30.3 Å². The van der Waals surface area contributed by atoms with Crippen molar-refractivity contribution in [3.05, 3.63) is 53.8 Å². The minimum absolute atomic E-state index is 0.103. The van der Waals surface area contributed by atoms with E-state index in [0.717, 1.165) is 18.2 Å². The van der Waals surface area contributed by atoms with Crippen LogP contribution in [0.2, 0.25) is 0 Å². The number of cyclic esters (lactones) is 1. The fraction of sp³-hybridized carbons (Fsp3) is 0.222. The third-order valence-electron chi connectivity index (χ3n) is 3.94. The van der Waals surface area contributed by atoms with E-state index in [1.807, 2.05) is 0 Å². The molecule has 8 nitrogen and oxygen atoms in total. The fourth-order valence-corrected chi connectivity index (χ4v) is 3.72. The van der Waals surface area contributed by atoms with Crippen molar-refractivity contribution >= 4 is 27.6 Å². The highest BCUT2D eigenvalue weighted by atomic mass is 32.2. The molecule has 2 aromatic rings. The van der Waals surface area contributed by atoms with E-state index < -0.39 is 38.8 Å². The first-order chi connectivity index (χ1) is 13.3. The van der Waals surface area contributed by atoms with E-state index >= 15 is 0 Å². The van der Waals surface area contributed by atoms with Crippen LogP contribution < -0.4 is 9.46 Å². The van der Waals surface area contributed by atoms with Gasteiger partial charge in [0.15, 0.2) is 0 Å². The molecule has 0 bridgehead atoms. The molecule has 0 spiro atoms. The Morgan fingerprint density at radius 1 is 1.25 bits per heavy atom. The van der Waals surface area contributed by atoms with Crippen LogP contribution >= 0.6 is 0 Å². The van der Waals surface area contributed by atoms with Crippen LogP contribution in [0.25, 0.3) is 0 Å². The van der Waals surface area contributed by atoms with Crippen molar-refractivity contribution in [1.82, 2.24) is 0 Å². The number of carbonyl (C=O) groups excluding carboxylic acids is 2. The summed E-state index contributed by atoms with van der Waals surface area (Å²) in [5, 5.41) is 0. The SMILES string of the molecule is COc1ccccc1NS(=O)(=O)c1cc(C(=O)O[C@@H]2CCOC2=O)ccc1F. The zero-order valence-corrected chi connectivity index (χ0v) is 15.5. The van der Waals surface area contributed by atoms with Crippen molar-refractivity contribution in [3.63, 3.8) is 0 Å². The van der Waals surface area contributed by atoms with E-state index in [-0.39, 0.29) is 30.0 Å². The number of anilines is 1. The van der Waals surface area contributed by atoms with Crippen LogP contribution in [-0.2, 0) is 24.3 Å². The topological polar surface area (TPSA) is 108 Å². The van der Waals surface area contributed by atoms with Gasteiger partial charge in [-0.3, -0.25) is 4.72 Å². The predicted molar refractivity (Wildman–Crippen MR) is 95.0 cm³/mol. The summed E-state index contributed by atoms with van der Waals surface area (Å²) < 4.78 is 56.4. The number of nitrogens with one attached hydrogen (secondary N) is 1. The lowest BCUT2D eigenvalue weighted by Gasteiger charge is -2.13. The molecule has 1 heterocycles. The summed E-state index contributed by atoms with van der Waals surface area (Å²) in [6.07, 6.45) is -0.865. The van der Waals surface area contributed by atoms with E-state index in [2.05, 4.69) is 4.72 Å². The number of hydrogen-bond acceptors (Lipinski definition) is 7. The second kappa shape index (κ2) is 7.85. The molecule has 10 heteroatoms. The molecule has 0 aliphatic carbocycles. The maximum absolute atomic E-state index is 14.2. The molecule has 3 rings (SSSR count). The van der Waals surface area contributed by atoms with Crippen LogP contribution in [0.1, 0.15) is 16.8 Å². The first kappa shape index (κ1) is 19.6. The number of methoxy groups -OCH3 is 1. The molecule has 2 aromatic carbocycles. The van der Waals surface area contributed by atoms with Gasteiger partial charge in [0, 0.05) is 6.42 Å². The van der Waals surface area contributed by atoms with Crippen molar-refractivity contribution in [2.24, 2.45) is 0 Å². The van der Waals surface area contributed by atoms with Crippen LogP contribution in [0, 0.1) is 5.82 Å². The average Bonchev–Trinajstić information content (AvgIpc) is 3.06. The molecule has 1 saturated heterocycles. The standard InChI is InChI=1S/C18H16FNO7S/c1-25-14-5-3-2-4-13(14)20-28(23,24)16-10-11(6-7-12(16)19)17(21)27-15-8-9-26-18(15)22/h2-7,10,15,20H,8-9H2,1H3/t15-/m1/s1. The Hall–Kier alpha value is -3.14. The molecular weight excluding hydrogens is 393 g/mol. The molecule has 0 radical (unpaired) electrons. The lowest BCUT2D eigenvalue weighted by molar-refractivity contribution is -0.145. The van der Waals surface area contributed by atoms with Crippen molar-refractivity contribution < 1.29 is 36.6 Å². The summed E-state index contributed by atoms with van der Waals surface area (Å²) in [5.41, 5.74) is -0.118. The number of carbonyl (C=O) groups is 2. The Bertz CT molecular complexity index is 1020. The number of para-hydroxylation sites is 2. The van der Waals surface area contributed by atoms with Gasteiger partial charge in [-0.2, -0.15) is 0 Å². The molecule has 1 fully saturated rings. The van der Waals surface area contributed by atoms with Crippen LogP contribution in [0.4, 0.5) is 10.1 Å². The molecule has 148 valence electrons. The lowest BCUT2D eigenvalue weighted by atomic mass is 10.2. The Morgan fingerprint density at radius 2 is 2.00 bits per heavy atom. The van der Waals surface area contributed by atoms with E-state index in [9.17, 15) is 22.4 Å². The Balaban J connectivity index is 1.87. The Morgan fingerprint density at radius 3 is 2.68 bits per heavy atom. The first-order valence-electron chi connectivity index (χ1n) is 8.15. The molecule has 28 heavy (non-hydrogen) atoms. The molecular formula is C18H16FNO7S. The van der Waals surface area contributed by atoms with Crippen LogP contribution in [0.5, 0.6) is 5.75 Å². The third-order valence-corrected chi connectivity index (χ3v) is 5.32. The number of rotatable bonds is 6. The van der Waals surface area contributed by atoms with Gasteiger partial charge in [-0.1, -0.05) is 12.1 Å². The van der Waals surface area contributed by atoms with Crippen molar-refractivity contribution in [1.29, 1.82) is 0 Å². The first-order valence-corrected chi connectivity index (χ1v) is 9.63. The summed E-state index contributed by atoms with van der Waals surface area (Å²) in [6, 6.07) is 8.93. The van der Waals surface area contributed by atoms with Crippen LogP contribution in [-0.4, -0.2) is 40.2 Å². The van der Waals surface area contributed by atoms with E-state index in [1.54, 1.807) is 12.1 Å². The number of esters is 2. The van der Waals surface area contributed by atoms with Crippen molar-refractivity contribution in [2.45, 2.75) is 17.4 Å². The molecule has 1 atom stereocenters. The molecule has 1 aliphatic rings. The number of hydrogen-bond donors (Lipinski definition) is 1. The number of sulfonamides is 1. The Kier molecular flexibility index (Phi) is 5.50. The van der Waals surface area contributed by atoms with E-state index in [1.165, 1.54) is 19.2 Å². The van der Waals surface area contributed by atoms with Gasteiger partial charge in [0.05, 0.1) is 25.0 Å². The van der Waals surface area contributed by atoms with Gasteiger partial charge >= 0.3 is 11.9 Å². The lowest BCUT2D eigenvalue weighted by Crippen LogP contribution is -2.23. The molecule has 0 aromatic heterocycles. The van der Waals surface area contributed by atoms with Gasteiger partial charge in [0.25, 0.3) is 10.0 Å². The maximum atomic E-state index is 14.2. The van der Waals surface area contributed by atoms with Crippen molar-refractivity contribution in [3.8, 4) is 5.75 Å². The fourth-order valence-electron chi connectivity index (χ4n) is 2.55. The number of ether oxygens (including phenoxy) is 3. The smallest absolute Gasteiger partial charge is 0.347 e. The Labute approximate surface area is 160 Å². The van der Waals surface area contributed by atoms with E-state index in [0.29, 0.717) is 0 Å². The van der Waals surface area contributed by atoms with E-state index in [4.69, 9.17) is 14.2 Å². The van der Waals surface area contributed by atoms with Crippen LogP contribution in [0.3, 0.4) is 0 Å². The summed E-state index contributed by atoms with van der Waals surface area (Å²) in [4.78, 5) is 22.9. The minimum atomic E-state index is -4.38. The van der Waals surface area contributed by atoms with Gasteiger partial charge in [0.2, 0.25) is 6.10 Å². The minimum Gasteiger partial charge on any atom is -0.495 e. The highest BCUT2D eigenvalue weighted by molar-refractivity contribution is 7.92. The summed E-state index contributed by atoms with van der Waals surface area (Å²) in [6.45, 7) is 0.128. The normalized spacial score (nSPS) is 16.4. The third kappa shape index (κ3) is 4.06. The average molecular weight is 409 g/mol. The number of benzene rings is 2. The monoisotopic (exact) mass is 409 g/mol. The summed E-state index contributed by atoms with van der Waals surface area (Å²) >= 11 is 0. The van der Waals surface area contributed by atoms with Gasteiger partial charge in [-0.25, -0.2) is 22.4 Å². The van der Waals surface area contributed by atoms with Crippen LogP contribution in [0.15, 0.2) is 47.4 Å². The highest BCUT2D eigenvalue weighted by Gasteiger charge is 2.31. The predicted octanol–water partition coefficient (Wildman–Crippen LogP) is 2.11. The second-order valence-electron chi connectivity index (χ2n) is 5.80. The molecule has 0 saturated carbocycles. The largest absolute Gasteiger partial charge is 0.495 e. The van der Waals surface area contributed by atoms with Crippen molar-refractivity contribution in [2.75, 3.05) is 18.4 Å². The molecule has 1 aliphatic heterocycles. The molecule has 0 unspecified atom stereocenters. The molecule has 1 N–H and O–H groups in total. The quantitative estimate of drug-likeness (QED) is 0.728. The van der Waals surface area contributed by atoms with Gasteiger partial charge < -0.3 is 14.2 Å². The number of halogens is 1. The summed E-state index contributed by atoms with van der Waals surface area (Å²) in [7, 11) is -3.02.